The molecule has 2 rings (SSSR count). The van der Waals surface area contributed by atoms with Gasteiger partial charge in [-0.3, -0.25) is 0 Å². The second-order valence-electron chi connectivity index (χ2n) is 4.61. The van der Waals surface area contributed by atoms with E-state index in [0.29, 0.717) is 0 Å². The Labute approximate surface area is 148 Å². The molecular weight excluding hydrogens is 376 g/mol. The number of carbonyl (C=O) groups excluding carboxylic acids is 1. The largest absolute Gasteiger partial charge is 0.420 e. The van der Waals surface area contributed by atoms with E-state index in [9.17, 15) is 26.6 Å². The first kappa shape index (κ1) is 19.4. The predicted molar refractivity (Wildman–Crippen MR) is 86.5 cm³/mol. The third kappa shape index (κ3) is 3.83. The van der Waals surface area contributed by atoms with E-state index in [-0.39, 0.29) is 0 Å². The number of halogens is 4. The second-order valence-corrected chi connectivity index (χ2v) is 5.64. The summed E-state index contributed by atoms with van der Waals surface area (Å²) in [7, 11) is 0. The van der Waals surface area contributed by atoms with Crippen molar-refractivity contribution in [2.24, 2.45) is 0 Å². The summed E-state index contributed by atoms with van der Waals surface area (Å²) in [5, 5.41) is 0.851. The van der Waals surface area contributed by atoms with Crippen LogP contribution in [0.5, 0.6) is 11.5 Å². The summed E-state index contributed by atoms with van der Waals surface area (Å²) < 4.78 is 76.7. The Morgan fingerprint density at radius 2 is 1.38 bits per heavy atom. The summed E-state index contributed by atoms with van der Waals surface area (Å²) in [6.07, 6.45) is 0.742. The van der Waals surface area contributed by atoms with Gasteiger partial charge in [0.25, 0.3) is 0 Å². The van der Waals surface area contributed by atoms with E-state index in [2.05, 4.69) is 22.1 Å². The van der Waals surface area contributed by atoms with Crippen LogP contribution in [0, 0.1) is 23.3 Å². The van der Waals surface area contributed by atoms with Crippen LogP contribution in [-0.2, 0) is 15.9 Å². The molecule has 136 valence electrons. The lowest BCUT2D eigenvalue weighted by molar-refractivity contribution is -0.129. The predicted octanol–water partition coefficient (Wildman–Crippen LogP) is 4.19. The average Bonchev–Trinajstić information content (AvgIpc) is 2.63. The molecule has 0 aliphatic rings. The minimum absolute atomic E-state index is 0.614. The van der Waals surface area contributed by atoms with E-state index in [0.717, 1.165) is 35.7 Å². The highest BCUT2D eigenvalue weighted by atomic mass is 32.2. The van der Waals surface area contributed by atoms with Crippen LogP contribution in [0.1, 0.15) is 0 Å². The van der Waals surface area contributed by atoms with Gasteiger partial charge < -0.3 is 8.92 Å². The molecule has 0 saturated carbocycles. The molecule has 0 amide bonds. The fourth-order valence-corrected chi connectivity index (χ4v) is 2.27. The quantitative estimate of drug-likeness (QED) is 0.323. The van der Waals surface area contributed by atoms with E-state index < -0.39 is 62.9 Å². The van der Waals surface area contributed by atoms with Crippen molar-refractivity contribution in [2.75, 3.05) is 0 Å². The van der Waals surface area contributed by atoms with Gasteiger partial charge >= 0.3 is 5.97 Å². The summed E-state index contributed by atoms with van der Waals surface area (Å²) in [4.78, 5) is 11.1. The zero-order chi connectivity index (χ0) is 19.4. The highest BCUT2D eigenvalue weighted by Gasteiger charge is 2.23. The number of hydrogen-bond donors (Lipinski definition) is 0. The van der Waals surface area contributed by atoms with E-state index in [1.165, 1.54) is 0 Å². The average molecular weight is 386 g/mol. The molecule has 26 heavy (non-hydrogen) atoms. The summed E-state index contributed by atoms with van der Waals surface area (Å²) >= 11 is -2.10. The molecule has 0 saturated heterocycles. The minimum atomic E-state index is -2.10. The molecule has 0 heterocycles. The van der Waals surface area contributed by atoms with E-state index in [1.54, 1.807) is 0 Å². The van der Waals surface area contributed by atoms with Gasteiger partial charge in [0, 0.05) is 22.6 Å². The van der Waals surface area contributed by atoms with Crippen LogP contribution in [-0.4, -0.2) is 10.2 Å². The highest BCUT2D eigenvalue weighted by Crippen LogP contribution is 2.34. The van der Waals surface area contributed by atoms with E-state index in [1.807, 2.05) is 0 Å². The minimum Gasteiger partial charge on any atom is -0.420 e. The van der Waals surface area contributed by atoms with Crippen molar-refractivity contribution in [3.05, 3.63) is 72.2 Å². The van der Waals surface area contributed by atoms with Crippen molar-refractivity contribution >= 4 is 17.0 Å². The molecule has 0 aliphatic carbocycles. The van der Waals surface area contributed by atoms with Crippen LogP contribution in [0.25, 0.3) is 11.1 Å². The standard InChI is InChI=1S/C17H10F4O4S/c1-3-13(22)24-11-7-5-9(14(18)16(11)20)10-6-8-12(17(21)15(10)19)25-26(23)4-2/h3-8H,1-2H2. The monoisotopic (exact) mass is 386 g/mol. The maximum atomic E-state index is 14.2. The summed E-state index contributed by atoms with van der Waals surface area (Å²) in [5.41, 5.74) is -1.23. The lowest BCUT2D eigenvalue weighted by atomic mass is 10.0. The van der Waals surface area contributed by atoms with Crippen LogP contribution >= 0.6 is 0 Å². The number of carbonyl (C=O) groups is 1. The van der Waals surface area contributed by atoms with Gasteiger partial charge in [-0.2, -0.15) is 8.78 Å². The van der Waals surface area contributed by atoms with Crippen molar-refractivity contribution in [2.45, 2.75) is 0 Å². The smallest absolute Gasteiger partial charge is 0.335 e. The Bertz CT molecular complexity index is 852. The van der Waals surface area contributed by atoms with Crippen LogP contribution < -0.4 is 8.92 Å². The van der Waals surface area contributed by atoms with Gasteiger partial charge in [0.15, 0.2) is 23.1 Å². The number of esters is 1. The van der Waals surface area contributed by atoms with Gasteiger partial charge in [0.1, 0.15) is 0 Å². The molecule has 0 bridgehead atoms. The molecule has 1 unspecified atom stereocenters. The third-order valence-electron chi connectivity index (χ3n) is 3.07. The number of benzene rings is 2. The van der Waals surface area contributed by atoms with Crippen molar-refractivity contribution < 1.29 is 35.5 Å². The Kier molecular flexibility index (Phi) is 5.93. The van der Waals surface area contributed by atoms with Gasteiger partial charge in [-0.25, -0.2) is 17.8 Å². The SMILES string of the molecule is C=CC(=O)Oc1ccc(-c2ccc(OS(=O)C=C)c(F)c2F)c(F)c1F. The topological polar surface area (TPSA) is 52.6 Å². The molecule has 0 fully saturated rings. The summed E-state index contributed by atoms with van der Waals surface area (Å²) in [5.74, 6) is -8.66. The third-order valence-corrected chi connectivity index (χ3v) is 3.69. The Balaban J connectivity index is 2.49. The second kappa shape index (κ2) is 7.96. The molecule has 0 aromatic heterocycles. The van der Waals surface area contributed by atoms with E-state index in [4.69, 9.17) is 0 Å². The van der Waals surface area contributed by atoms with Gasteiger partial charge in [-0.05, 0) is 24.3 Å². The molecular formula is C17H10F4O4S. The summed E-state index contributed by atoms with van der Waals surface area (Å²) in [6, 6.07) is 3.60. The zero-order valence-corrected chi connectivity index (χ0v) is 13.7. The molecule has 2 aromatic carbocycles. The normalized spacial score (nSPS) is 11.5. The van der Waals surface area contributed by atoms with Crippen LogP contribution in [0.3, 0.4) is 0 Å². The van der Waals surface area contributed by atoms with Crippen molar-refractivity contribution in [1.29, 1.82) is 0 Å². The number of ether oxygens (including phenoxy) is 1. The lowest BCUT2D eigenvalue weighted by Gasteiger charge is -2.11. The molecule has 0 aliphatic heterocycles. The Morgan fingerprint density at radius 1 is 0.885 bits per heavy atom. The van der Waals surface area contributed by atoms with Crippen LogP contribution in [0.15, 0.2) is 48.9 Å². The zero-order valence-electron chi connectivity index (χ0n) is 12.9. The first-order chi connectivity index (χ1) is 12.3. The Hall–Kier alpha value is -2.94. The van der Waals surface area contributed by atoms with Gasteiger partial charge in [-0.1, -0.05) is 13.2 Å². The van der Waals surface area contributed by atoms with Crippen molar-refractivity contribution in [3.63, 3.8) is 0 Å². The molecule has 0 spiro atoms. The molecule has 0 N–H and O–H groups in total. The van der Waals surface area contributed by atoms with Crippen LogP contribution in [0.2, 0.25) is 0 Å². The molecule has 9 heteroatoms. The van der Waals surface area contributed by atoms with Crippen molar-refractivity contribution in [3.8, 4) is 22.6 Å². The first-order valence-corrected chi connectivity index (χ1v) is 7.96. The lowest BCUT2D eigenvalue weighted by Crippen LogP contribution is -2.06. The fourth-order valence-electron chi connectivity index (χ4n) is 1.90. The molecule has 1 atom stereocenters. The van der Waals surface area contributed by atoms with Gasteiger partial charge in [0.2, 0.25) is 22.7 Å². The number of rotatable bonds is 6. The Morgan fingerprint density at radius 3 is 1.88 bits per heavy atom. The van der Waals surface area contributed by atoms with E-state index >= 15 is 0 Å². The van der Waals surface area contributed by atoms with Crippen LogP contribution in [0.4, 0.5) is 17.6 Å². The first-order valence-electron chi connectivity index (χ1n) is 6.82. The molecule has 0 radical (unpaired) electrons. The molecule has 4 nitrogen and oxygen atoms in total. The summed E-state index contributed by atoms with van der Waals surface area (Å²) in [6.45, 7) is 6.26. The maximum Gasteiger partial charge on any atom is 0.335 e. The maximum absolute atomic E-state index is 14.2. The molecule has 2 aromatic rings. The number of hydrogen-bond acceptors (Lipinski definition) is 4. The fraction of sp³-hybridized carbons (Fsp3) is 0. The van der Waals surface area contributed by atoms with Crippen molar-refractivity contribution in [1.82, 2.24) is 0 Å². The van der Waals surface area contributed by atoms with Gasteiger partial charge in [0.05, 0.1) is 0 Å². The van der Waals surface area contributed by atoms with Gasteiger partial charge in [-0.15, -0.1) is 0 Å². The highest BCUT2D eigenvalue weighted by molar-refractivity contribution is 7.83.